The van der Waals surface area contributed by atoms with E-state index in [9.17, 15) is 18.0 Å². The Balaban J connectivity index is 2.25. The molecule has 0 aromatic heterocycles. The van der Waals surface area contributed by atoms with Gasteiger partial charge in [-0.1, -0.05) is 11.6 Å². The molecule has 1 aliphatic rings. The van der Waals surface area contributed by atoms with Gasteiger partial charge in [-0.2, -0.15) is 0 Å². The zero-order valence-corrected chi connectivity index (χ0v) is 12.9. The number of rotatable bonds is 3. The summed E-state index contributed by atoms with van der Waals surface area (Å²) in [6.45, 7) is 1.68. The van der Waals surface area contributed by atoms with Gasteiger partial charge in [-0.3, -0.25) is 0 Å². The second-order valence-corrected chi connectivity index (χ2v) is 7.21. The quantitative estimate of drug-likeness (QED) is 0.781. The summed E-state index contributed by atoms with van der Waals surface area (Å²) in [7, 11) is -3.48. The highest BCUT2D eigenvalue weighted by Gasteiger charge is 2.35. The van der Waals surface area contributed by atoms with E-state index in [1.54, 1.807) is 6.92 Å². The molecule has 0 aliphatic carbocycles. The fourth-order valence-electron chi connectivity index (χ4n) is 1.90. The van der Waals surface area contributed by atoms with Crippen LogP contribution >= 0.6 is 11.6 Å². The fraction of sp³-hybridized carbons (Fsp3) is 0.385. The lowest BCUT2D eigenvalue weighted by atomic mass is 10.2. The molecule has 0 bridgehead atoms. The third-order valence-electron chi connectivity index (χ3n) is 2.96. The Labute approximate surface area is 126 Å². The zero-order chi connectivity index (χ0) is 15.8. The van der Waals surface area contributed by atoms with Crippen LogP contribution in [0.5, 0.6) is 0 Å². The molecule has 0 amide bonds. The minimum absolute atomic E-state index is 0.0480. The van der Waals surface area contributed by atoms with Crippen molar-refractivity contribution in [2.45, 2.75) is 30.4 Å². The Morgan fingerprint density at radius 3 is 2.62 bits per heavy atom. The van der Waals surface area contributed by atoms with Gasteiger partial charge in [0, 0.05) is 12.7 Å². The molecule has 0 N–H and O–H groups in total. The SMILES string of the molecule is C[C@H]1C[C@H](OC(=O)c2cc(S(C)(=O)=O)ccc2Cl)C(=O)O1. The van der Waals surface area contributed by atoms with Gasteiger partial charge in [0.15, 0.2) is 9.84 Å². The van der Waals surface area contributed by atoms with E-state index in [1.165, 1.54) is 12.1 Å². The van der Waals surface area contributed by atoms with Gasteiger partial charge in [-0.05, 0) is 25.1 Å². The van der Waals surface area contributed by atoms with Crippen molar-refractivity contribution in [2.24, 2.45) is 0 Å². The van der Waals surface area contributed by atoms with Crippen LogP contribution in [-0.4, -0.2) is 38.8 Å². The first-order chi connectivity index (χ1) is 9.68. The molecular formula is C13H13ClO6S. The molecule has 1 aromatic carbocycles. The predicted octanol–water partition coefficient (Wildman–Crippen LogP) is 1.60. The number of hydrogen-bond acceptors (Lipinski definition) is 6. The van der Waals surface area contributed by atoms with E-state index in [-0.39, 0.29) is 28.0 Å². The molecule has 1 fully saturated rings. The van der Waals surface area contributed by atoms with Crippen molar-refractivity contribution in [3.05, 3.63) is 28.8 Å². The maximum Gasteiger partial charge on any atom is 0.347 e. The predicted molar refractivity (Wildman–Crippen MR) is 73.9 cm³/mol. The van der Waals surface area contributed by atoms with Gasteiger partial charge in [0.1, 0.15) is 6.10 Å². The Bertz CT molecular complexity index is 697. The van der Waals surface area contributed by atoms with E-state index in [2.05, 4.69) is 0 Å². The molecule has 0 spiro atoms. The number of carbonyl (C=O) groups excluding carboxylic acids is 2. The first kappa shape index (κ1) is 15.8. The van der Waals surface area contributed by atoms with E-state index in [4.69, 9.17) is 21.1 Å². The molecule has 2 atom stereocenters. The molecule has 21 heavy (non-hydrogen) atoms. The number of sulfone groups is 1. The maximum absolute atomic E-state index is 12.0. The van der Waals surface area contributed by atoms with Gasteiger partial charge >= 0.3 is 11.9 Å². The number of cyclic esters (lactones) is 1. The Kier molecular flexibility index (Phi) is 4.25. The van der Waals surface area contributed by atoms with Crippen molar-refractivity contribution in [3.8, 4) is 0 Å². The van der Waals surface area contributed by atoms with Crippen molar-refractivity contribution >= 4 is 33.4 Å². The molecule has 1 aliphatic heterocycles. The first-order valence-corrected chi connectivity index (χ1v) is 8.36. The number of halogens is 1. The number of esters is 2. The smallest absolute Gasteiger partial charge is 0.347 e. The van der Waals surface area contributed by atoms with Crippen LogP contribution in [0.1, 0.15) is 23.7 Å². The van der Waals surface area contributed by atoms with Crippen LogP contribution < -0.4 is 0 Å². The molecule has 0 saturated carbocycles. The van der Waals surface area contributed by atoms with E-state index >= 15 is 0 Å². The second kappa shape index (κ2) is 5.65. The van der Waals surface area contributed by atoms with E-state index < -0.39 is 27.9 Å². The monoisotopic (exact) mass is 332 g/mol. The van der Waals surface area contributed by atoms with Crippen molar-refractivity contribution in [3.63, 3.8) is 0 Å². The summed E-state index contributed by atoms with van der Waals surface area (Å²) >= 11 is 5.88. The molecule has 114 valence electrons. The third-order valence-corrected chi connectivity index (χ3v) is 4.40. The standard InChI is InChI=1S/C13H13ClO6S/c1-7-5-11(13(16)19-7)20-12(15)9-6-8(21(2,17)18)3-4-10(9)14/h3-4,6-7,11H,5H2,1-2H3/t7-,11-/m0/s1. The molecule has 1 saturated heterocycles. The van der Waals surface area contributed by atoms with Gasteiger partial charge in [0.25, 0.3) is 0 Å². The van der Waals surface area contributed by atoms with Crippen LogP contribution in [0.4, 0.5) is 0 Å². The minimum Gasteiger partial charge on any atom is -0.460 e. The van der Waals surface area contributed by atoms with Crippen LogP contribution in [0.2, 0.25) is 5.02 Å². The van der Waals surface area contributed by atoms with Crippen LogP contribution in [-0.2, 0) is 24.1 Å². The van der Waals surface area contributed by atoms with E-state index in [1.807, 2.05) is 0 Å². The molecule has 8 heteroatoms. The number of benzene rings is 1. The topological polar surface area (TPSA) is 86.7 Å². The van der Waals surface area contributed by atoms with Crippen molar-refractivity contribution in [1.82, 2.24) is 0 Å². The van der Waals surface area contributed by atoms with Crippen molar-refractivity contribution in [1.29, 1.82) is 0 Å². The summed E-state index contributed by atoms with van der Waals surface area (Å²) in [5, 5.41) is 0.0480. The van der Waals surface area contributed by atoms with E-state index in [0.717, 1.165) is 12.3 Å². The van der Waals surface area contributed by atoms with E-state index in [0.29, 0.717) is 0 Å². The fourth-order valence-corrected chi connectivity index (χ4v) is 2.74. The van der Waals surface area contributed by atoms with Gasteiger partial charge < -0.3 is 9.47 Å². The third kappa shape index (κ3) is 3.54. The largest absolute Gasteiger partial charge is 0.460 e. The van der Waals surface area contributed by atoms with Crippen molar-refractivity contribution in [2.75, 3.05) is 6.26 Å². The van der Waals surface area contributed by atoms with Gasteiger partial charge in [0.05, 0.1) is 15.5 Å². The van der Waals surface area contributed by atoms with Crippen LogP contribution in [0.15, 0.2) is 23.1 Å². The zero-order valence-electron chi connectivity index (χ0n) is 11.3. The normalized spacial score (nSPS) is 22.0. The summed E-state index contributed by atoms with van der Waals surface area (Å²) in [6, 6.07) is 3.72. The first-order valence-electron chi connectivity index (χ1n) is 6.09. The highest BCUT2D eigenvalue weighted by Crippen LogP contribution is 2.24. The molecule has 0 unspecified atom stereocenters. The number of ether oxygens (including phenoxy) is 2. The van der Waals surface area contributed by atoms with Gasteiger partial charge in [-0.25, -0.2) is 18.0 Å². The summed E-state index contributed by atoms with van der Waals surface area (Å²) in [4.78, 5) is 23.4. The second-order valence-electron chi connectivity index (χ2n) is 4.79. The molecule has 0 radical (unpaired) electrons. The van der Waals surface area contributed by atoms with Gasteiger partial charge in [0.2, 0.25) is 6.10 Å². The summed E-state index contributed by atoms with van der Waals surface area (Å²) in [5.41, 5.74) is -0.105. The lowest BCUT2D eigenvalue weighted by Gasteiger charge is -2.10. The highest BCUT2D eigenvalue weighted by molar-refractivity contribution is 7.90. The Hall–Kier alpha value is -1.60. The average Bonchev–Trinajstić information content (AvgIpc) is 2.66. The summed E-state index contributed by atoms with van der Waals surface area (Å²) < 4.78 is 32.9. The lowest BCUT2D eigenvalue weighted by molar-refractivity contribution is -0.147. The molecular weight excluding hydrogens is 320 g/mol. The summed E-state index contributed by atoms with van der Waals surface area (Å²) in [5.74, 6) is -1.48. The lowest BCUT2D eigenvalue weighted by Crippen LogP contribution is -2.23. The Morgan fingerprint density at radius 1 is 1.43 bits per heavy atom. The average molecular weight is 333 g/mol. The minimum atomic E-state index is -3.48. The molecule has 2 rings (SSSR count). The van der Waals surface area contributed by atoms with Crippen LogP contribution in [0, 0.1) is 0 Å². The van der Waals surface area contributed by atoms with Gasteiger partial charge in [-0.15, -0.1) is 0 Å². The summed E-state index contributed by atoms with van der Waals surface area (Å²) in [6.07, 6.45) is -0.0476. The molecule has 1 heterocycles. The molecule has 6 nitrogen and oxygen atoms in total. The van der Waals surface area contributed by atoms with Crippen molar-refractivity contribution < 1.29 is 27.5 Å². The highest BCUT2D eigenvalue weighted by atomic mass is 35.5. The van der Waals surface area contributed by atoms with Crippen LogP contribution in [0.25, 0.3) is 0 Å². The number of hydrogen-bond donors (Lipinski definition) is 0. The maximum atomic E-state index is 12.0. The number of carbonyl (C=O) groups is 2. The Morgan fingerprint density at radius 2 is 2.10 bits per heavy atom. The van der Waals surface area contributed by atoms with Crippen LogP contribution in [0.3, 0.4) is 0 Å². The molecule has 1 aromatic rings.